The van der Waals surface area contributed by atoms with Gasteiger partial charge in [0.25, 0.3) is 5.82 Å². The maximum absolute atomic E-state index is 12.8. The van der Waals surface area contributed by atoms with Gasteiger partial charge in [-0.05, 0) is 12.1 Å². The van der Waals surface area contributed by atoms with Crippen molar-refractivity contribution in [3.63, 3.8) is 0 Å². The van der Waals surface area contributed by atoms with Crippen molar-refractivity contribution in [2.75, 3.05) is 5.32 Å². The zero-order valence-corrected chi connectivity index (χ0v) is 11.3. The van der Waals surface area contributed by atoms with Crippen LogP contribution in [0.25, 0.3) is 5.65 Å². The molecule has 0 radical (unpaired) electrons. The molecule has 3 aromatic rings. The number of hydrogen-bond acceptors (Lipinski definition) is 6. The number of rotatable bonds is 4. The van der Waals surface area contributed by atoms with Gasteiger partial charge in [0.2, 0.25) is 5.91 Å². The van der Waals surface area contributed by atoms with Crippen molar-refractivity contribution in [2.45, 2.75) is 12.7 Å². The Morgan fingerprint density at radius 1 is 1.30 bits per heavy atom. The van der Waals surface area contributed by atoms with Gasteiger partial charge in [0.05, 0.1) is 11.9 Å². The van der Waals surface area contributed by atoms with Gasteiger partial charge in [0.1, 0.15) is 6.54 Å². The van der Waals surface area contributed by atoms with E-state index in [0.29, 0.717) is 10.2 Å². The topological polar surface area (TPSA) is 116 Å². The van der Waals surface area contributed by atoms with Gasteiger partial charge in [0, 0.05) is 6.20 Å². The Balaban J connectivity index is 1.88. The summed E-state index contributed by atoms with van der Waals surface area (Å²) in [6.07, 6.45) is -1.82. The molecule has 12 heteroatoms. The molecule has 0 saturated carbocycles. The molecule has 3 rings (SSSR count). The molecule has 0 aromatic carbocycles. The lowest BCUT2D eigenvalue weighted by molar-refractivity contribution is -0.146. The molecule has 0 bridgehead atoms. The number of alkyl halides is 3. The summed E-state index contributed by atoms with van der Waals surface area (Å²) in [5, 5.41) is 16.9. The smallest absolute Gasteiger partial charge is 0.368 e. The van der Waals surface area contributed by atoms with E-state index in [0.717, 1.165) is 0 Å². The highest BCUT2D eigenvalue weighted by Crippen LogP contribution is 2.27. The van der Waals surface area contributed by atoms with E-state index in [4.69, 9.17) is 5.73 Å². The van der Waals surface area contributed by atoms with Crippen LogP contribution in [0.1, 0.15) is 5.82 Å². The lowest BCUT2D eigenvalue weighted by atomic mass is 10.4. The zero-order valence-electron chi connectivity index (χ0n) is 11.3. The van der Waals surface area contributed by atoms with Crippen molar-refractivity contribution in [2.24, 2.45) is 5.73 Å². The first-order valence-corrected chi connectivity index (χ1v) is 6.20. The van der Waals surface area contributed by atoms with Gasteiger partial charge in [-0.2, -0.15) is 22.8 Å². The summed E-state index contributed by atoms with van der Waals surface area (Å²) in [6.45, 7) is -0.113. The first-order valence-electron chi connectivity index (χ1n) is 6.20. The van der Waals surface area contributed by atoms with Crippen molar-refractivity contribution >= 4 is 23.1 Å². The summed E-state index contributed by atoms with van der Waals surface area (Å²) in [5.74, 6) is -1.67. The molecule has 3 heterocycles. The molecule has 9 nitrogen and oxygen atoms in total. The number of nitrogens with two attached hydrogens (primary N) is 1. The van der Waals surface area contributed by atoms with Crippen molar-refractivity contribution in [3.05, 3.63) is 30.4 Å². The highest BCUT2D eigenvalue weighted by molar-refractivity contribution is 5.73. The number of amides is 1. The number of nitrogens with one attached hydrogen (secondary N) is 1. The number of carbonyl (C=O) groups is 1. The lowest BCUT2D eigenvalue weighted by Gasteiger charge is -2.05. The number of aromatic nitrogens is 6. The minimum atomic E-state index is -4.67. The van der Waals surface area contributed by atoms with Crippen molar-refractivity contribution in [3.8, 4) is 0 Å². The van der Waals surface area contributed by atoms with Crippen molar-refractivity contribution < 1.29 is 18.0 Å². The Labute approximate surface area is 125 Å². The Morgan fingerprint density at radius 2 is 2.09 bits per heavy atom. The molecule has 0 atom stereocenters. The van der Waals surface area contributed by atoms with E-state index in [1.807, 2.05) is 0 Å². The van der Waals surface area contributed by atoms with Crippen LogP contribution in [0.2, 0.25) is 0 Å². The van der Waals surface area contributed by atoms with Gasteiger partial charge in [0.15, 0.2) is 11.5 Å². The molecule has 3 N–H and O–H groups in total. The maximum Gasteiger partial charge on any atom is 0.453 e. The first-order chi connectivity index (χ1) is 10.8. The van der Waals surface area contributed by atoms with E-state index in [9.17, 15) is 18.0 Å². The number of nitrogens with zero attached hydrogens (tertiary/aromatic N) is 6. The van der Waals surface area contributed by atoms with Crippen LogP contribution in [0.3, 0.4) is 0 Å². The van der Waals surface area contributed by atoms with E-state index in [2.05, 4.69) is 25.7 Å². The fourth-order valence-electron chi connectivity index (χ4n) is 1.85. The quantitative estimate of drug-likeness (QED) is 0.724. The van der Waals surface area contributed by atoms with Gasteiger partial charge >= 0.3 is 6.18 Å². The molecule has 120 valence electrons. The molecular weight excluding hydrogens is 317 g/mol. The maximum atomic E-state index is 12.8. The average Bonchev–Trinajstić information content (AvgIpc) is 3.03. The molecule has 0 unspecified atom stereocenters. The third-order valence-corrected chi connectivity index (χ3v) is 2.74. The van der Waals surface area contributed by atoms with Crippen LogP contribution in [0.5, 0.6) is 0 Å². The molecule has 0 aliphatic carbocycles. The van der Waals surface area contributed by atoms with Crippen LogP contribution in [0, 0.1) is 0 Å². The molecule has 3 aromatic heterocycles. The predicted octanol–water partition coefficient (Wildman–Crippen LogP) is 0.568. The Morgan fingerprint density at radius 3 is 2.78 bits per heavy atom. The SMILES string of the molecule is NC(=O)Cn1cc(Nc2ccc3nnc(C(F)(F)F)n3n2)cn1. The van der Waals surface area contributed by atoms with Crippen LogP contribution in [0.15, 0.2) is 24.5 Å². The molecule has 1 amide bonds. The molecule has 0 spiro atoms. The molecule has 0 aliphatic rings. The van der Waals surface area contributed by atoms with E-state index in [1.54, 1.807) is 0 Å². The first kappa shape index (κ1) is 14.7. The highest BCUT2D eigenvalue weighted by atomic mass is 19.4. The van der Waals surface area contributed by atoms with Crippen LogP contribution >= 0.6 is 0 Å². The Kier molecular flexibility index (Phi) is 3.35. The predicted molar refractivity (Wildman–Crippen MR) is 70.5 cm³/mol. The Hall–Kier alpha value is -3.18. The van der Waals surface area contributed by atoms with Crippen LogP contribution in [-0.2, 0) is 17.5 Å². The number of anilines is 2. The fourth-order valence-corrected chi connectivity index (χ4v) is 1.85. The molecule has 0 fully saturated rings. The van der Waals surface area contributed by atoms with Gasteiger partial charge in [-0.1, -0.05) is 0 Å². The number of halogens is 3. The number of carbonyl (C=O) groups excluding carboxylic acids is 1. The van der Waals surface area contributed by atoms with Crippen LogP contribution in [-0.4, -0.2) is 35.5 Å². The highest BCUT2D eigenvalue weighted by Gasteiger charge is 2.37. The second-order valence-corrected chi connectivity index (χ2v) is 4.53. The number of fused-ring (bicyclic) bond motifs is 1. The van der Waals surface area contributed by atoms with Gasteiger partial charge in [-0.25, -0.2) is 0 Å². The second-order valence-electron chi connectivity index (χ2n) is 4.53. The van der Waals surface area contributed by atoms with E-state index in [1.165, 1.54) is 29.2 Å². The summed E-state index contributed by atoms with van der Waals surface area (Å²) in [4.78, 5) is 10.8. The zero-order chi connectivity index (χ0) is 16.6. The molecular formula is C11H9F3N8O. The van der Waals surface area contributed by atoms with E-state index < -0.39 is 17.9 Å². The van der Waals surface area contributed by atoms with E-state index in [-0.39, 0.29) is 18.0 Å². The average molecular weight is 326 g/mol. The summed E-state index contributed by atoms with van der Waals surface area (Å²) in [5.41, 5.74) is 5.43. The standard InChI is InChI=1S/C11H9F3N8O/c12-11(13,14)10-19-18-9-2-1-8(20-22(9)10)17-6-3-16-21(4-6)5-7(15)23/h1-4H,5H2,(H2,15,23)(H,17,20). The largest absolute Gasteiger partial charge is 0.453 e. The van der Waals surface area contributed by atoms with Gasteiger partial charge < -0.3 is 11.1 Å². The fraction of sp³-hybridized carbons (Fsp3) is 0.182. The normalized spacial score (nSPS) is 11.8. The monoisotopic (exact) mass is 326 g/mol. The molecule has 23 heavy (non-hydrogen) atoms. The summed E-state index contributed by atoms with van der Waals surface area (Å²) in [6, 6.07) is 2.78. The van der Waals surface area contributed by atoms with Crippen molar-refractivity contribution in [1.29, 1.82) is 0 Å². The summed E-state index contributed by atoms with van der Waals surface area (Å²) >= 11 is 0. The lowest BCUT2D eigenvalue weighted by Crippen LogP contribution is -2.18. The van der Waals surface area contributed by atoms with Gasteiger partial charge in [-0.15, -0.1) is 15.3 Å². The second kappa shape index (κ2) is 5.23. The minimum Gasteiger partial charge on any atom is -0.368 e. The van der Waals surface area contributed by atoms with E-state index >= 15 is 0 Å². The Bertz CT molecular complexity index is 868. The number of hydrogen-bond donors (Lipinski definition) is 2. The molecule has 0 aliphatic heterocycles. The number of primary amides is 1. The third-order valence-electron chi connectivity index (χ3n) is 2.74. The third kappa shape index (κ3) is 3.04. The minimum absolute atomic E-state index is 0.0349. The van der Waals surface area contributed by atoms with Crippen LogP contribution in [0.4, 0.5) is 24.7 Å². The summed E-state index contributed by atoms with van der Waals surface area (Å²) < 4.78 is 40.3. The van der Waals surface area contributed by atoms with Crippen molar-refractivity contribution in [1.82, 2.24) is 29.6 Å². The van der Waals surface area contributed by atoms with Gasteiger partial charge in [-0.3, -0.25) is 9.48 Å². The molecule has 0 saturated heterocycles. The summed E-state index contributed by atoms with van der Waals surface area (Å²) in [7, 11) is 0. The van der Waals surface area contributed by atoms with Crippen LogP contribution < -0.4 is 11.1 Å².